The van der Waals surface area contributed by atoms with Crippen molar-refractivity contribution in [2.24, 2.45) is 0 Å². The first kappa shape index (κ1) is 11.7. The molecule has 1 heteroatoms. The molecule has 0 spiro atoms. The molecule has 0 aliphatic heterocycles. The van der Waals surface area contributed by atoms with Crippen LogP contribution in [0, 0.1) is 0 Å². The molecule has 11 rings (SSSR count). The van der Waals surface area contributed by atoms with Gasteiger partial charge in [-0.3, -0.25) is 0 Å². The van der Waals surface area contributed by atoms with Crippen molar-refractivity contribution in [3.8, 4) is 33.4 Å². The van der Waals surface area contributed by atoms with Crippen LogP contribution in [0.2, 0.25) is 0 Å². The Kier molecular flexibility index (Phi) is 2.50. The third-order valence-corrected chi connectivity index (χ3v) is 8.51. The van der Waals surface area contributed by atoms with E-state index in [1.807, 2.05) is 0 Å². The van der Waals surface area contributed by atoms with Crippen molar-refractivity contribution in [3.63, 3.8) is 0 Å². The highest BCUT2D eigenvalue weighted by Crippen LogP contribution is 2.45. The average Bonchev–Trinajstić information content (AvgIpc) is 3.98. The SMILES string of the molecule is [2H]c1c(-c2c([2H])c([2H])c([2H])c3c([2H])c([2H])c(-c4c5c([2H])c([2H])c([2H])c([2H])c5c(-c5c([2H])c([2H])c6c([2H])c([2H])c([2H])c([2H])c6c5[2H])c5c([2H])c([2H])c([2H])c([2H])c45)c([2H])c23)c([2H])c2c(oc3c([2H])c([2H])c4c([2H])c([2H])c([2H])c([2H])c4c32)c1[2H]. The van der Waals surface area contributed by atoms with Gasteiger partial charge < -0.3 is 4.42 Å². The topological polar surface area (TPSA) is 13.1 Å². The summed E-state index contributed by atoms with van der Waals surface area (Å²) in [6, 6.07) is -28.2. The summed E-state index contributed by atoms with van der Waals surface area (Å²) >= 11 is 0. The fourth-order valence-corrected chi connectivity index (χ4v) is 6.33. The van der Waals surface area contributed by atoms with Gasteiger partial charge in [0, 0.05) is 10.8 Å². The van der Waals surface area contributed by atoms with Crippen molar-refractivity contribution in [2.75, 3.05) is 0 Å². The van der Waals surface area contributed by atoms with Crippen LogP contribution in [-0.4, -0.2) is 0 Å². The fraction of sp³-hybridized carbons (Fsp3) is 0. The molecule has 0 N–H and O–H groups in total. The number of furan rings is 1. The standard InChI is InChI=1S/C50H30O/c1-2-12-34-28-36(22-20-31(34)10-1)48-40-15-5-7-17-42(40)49(43-18-8-6-16-41(43)48)37-23-21-33-13-9-19-38(44(33)30-37)35-25-26-46-45(29-35)50-39-14-4-3-11-32(39)24-27-47(50)51-46/h1-30H/i1D,2D,3D,4D,5D,6D,7D,8D,9D,10D,11D,12D,13D,14D,15D,16D,17D,18D,19D,20D,21D,22D,23D,24D,25D,26D,27D,28D,29D,30D. The summed E-state index contributed by atoms with van der Waals surface area (Å²) in [5.74, 6) is 0. The molecule has 236 valence electrons. The van der Waals surface area contributed by atoms with Gasteiger partial charge in [0.05, 0.1) is 41.1 Å². The Balaban J connectivity index is 1.41. The monoisotopic (exact) mass is 676 g/mol. The molecule has 0 atom stereocenters. The van der Waals surface area contributed by atoms with E-state index in [4.69, 9.17) is 27.7 Å². The highest BCUT2D eigenvalue weighted by molar-refractivity contribution is 6.23. The third-order valence-electron chi connectivity index (χ3n) is 8.51. The highest BCUT2D eigenvalue weighted by Gasteiger charge is 2.18. The normalized spacial score (nSPS) is 20.2. The molecule has 0 aliphatic carbocycles. The van der Waals surface area contributed by atoms with E-state index in [2.05, 4.69) is 0 Å². The zero-order valence-electron chi connectivity index (χ0n) is 55.4. The van der Waals surface area contributed by atoms with Crippen molar-refractivity contribution in [3.05, 3.63) is 181 Å². The molecule has 0 fully saturated rings. The molecule has 0 radical (unpaired) electrons. The van der Waals surface area contributed by atoms with Crippen LogP contribution < -0.4 is 0 Å². The summed E-state index contributed by atoms with van der Waals surface area (Å²) in [4.78, 5) is 0. The van der Waals surface area contributed by atoms with Gasteiger partial charge in [0.2, 0.25) is 0 Å². The Labute approximate surface area is 336 Å². The van der Waals surface area contributed by atoms with Gasteiger partial charge in [0.15, 0.2) is 0 Å². The van der Waals surface area contributed by atoms with Gasteiger partial charge in [-0.2, -0.15) is 0 Å². The Morgan fingerprint density at radius 1 is 0.314 bits per heavy atom. The van der Waals surface area contributed by atoms with Crippen molar-refractivity contribution >= 4 is 75.8 Å². The summed E-state index contributed by atoms with van der Waals surface area (Å²) in [6.45, 7) is 0. The van der Waals surface area contributed by atoms with Crippen molar-refractivity contribution < 1.29 is 45.5 Å². The van der Waals surface area contributed by atoms with Gasteiger partial charge in [0.1, 0.15) is 11.2 Å². The van der Waals surface area contributed by atoms with Crippen LogP contribution in [0.4, 0.5) is 0 Å². The maximum Gasteiger partial charge on any atom is 0.136 e. The van der Waals surface area contributed by atoms with E-state index in [1.54, 1.807) is 0 Å². The predicted octanol–water partition coefficient (Wildman–Crippen LogP) is 14.4. The van der Waals surface area contributed by atoms with Crippen molar-refractivity contribution in [1.29, 1.82) is 0 Å². The van der Waals surface area contributed by atoms with Crippen molar-refractivity contribution in [1.82, 2.24) is 0 Å². The van der Waals surface area contributed by atoms with Crippen LogP contribution >= 0.6 is 0 Å². The lowest BCUT2D eigenvalue weighted by atomic mass is 9.85. The van der Waals surface area contributed by atoms with Crippen LogP contribution in [0.3, 0.4) is 0 Å². The lowest BCUT2D eigenvalue weighted by Gasteiger charge is -2.18. The van der Waals surface area contributed by atoms with E-state index in [1.165, 1.54) is 0 Å². The second-order valence-corrected chi connectivity index (χ2v) is 11.3. The van der Waals surface area contributed by atoms with Crippen LogP contribution in [0.15, 0.2) is 186 Å². The minimum Gasteiger partial charge on any atom is -0.456 e. The zero-order chi connectivity index (χ0) is 59.6. The Morgan fingerprint density at radius 2 is 0.804 bits per heavy atom. The van der Waals surface area contributed by atoms with Crippen LogP contribution in [-0.2, 0) is 0 Å². The lowest BCUT2D eigenvalue weighted by molar-refractivity contribution is 0.669. The van der Waals surface area contributed by atoms with Gasteiger partial charge in [-0.25, -0.2) is 0 Å². The molecule has 0 saturated heterocycles. The van der Waals surface area contributed by atoms with Gasteiger partial charge in [-0.15, -0.1) is 0 Å². The predicted molar refractivity (Wildman–Crippen MR) is 218 cm³/mol. The molecule has 1 aromatic heterocycles. The Bertz CT molecular complexity index is 4850. The molecule has 1 heterocycles. The molecule has 0 aliphatic rings. The van der Waals surface area contributed by atoms with E-state index in [9.17, 15) is 17.8 Å². The number of benzene rings is 10. The van der Waals surface area contributed by atoms with Gasteiger partial charge in [0.25, 0.3) is 0 Å². The molecule has 1 nitrogen and oxygen atoms in total. The van der Waals surface area contributed by atoms with Crippen LogP contribution in [0.5, 0.6) is 0 Å². The second-order valence-electron chi connectivity index (χ2n) is 11.3. The van der Waals surface area contributed by atoms with Gasteiger partial charge in [-0.1, -0.05) is 151 Å². The molecular formula is C50H30O. The summed E-state index contributed by atoms with van der Waals surface area (Å²) in [6.07, 6.45) is 0. The minimum absolute atomic E-state index is 0.412. The van der Waals surface area contributed by atoms with E-state index >= 15 is 0 Å². The lowest BCUT2D eigenvalue weighted by Crippen LogP contribution is -1.91. The molecule has 0 saturated carbocycles. The minimum atomic E-state index is -1.10. The average molecular weight is 677 g/mol. The van der Waals surface area contributed by atoms with Gasteiger partial charge >= 0.3 is 0 Å². The van der Waals surface area contributed by atoms with Gasteiger partial charge in [-0.05, 0) is 117 Å². The maximum absolute atomic E-state index is 10.2. The Morgan fingerprint density at radius 3 is 1.53 bits per heavy atom. The summed E-state index contributed by atoms with van der Waals surface area (Å²) in [7, 11) is 0. The van der Waals surface area contributed by atoms with E-state index in [0.29, 0.717) is 0 Å². The summed E-state index contributed by atoms with van der Waals surface area (Å²) in [5.41, 5.74) is -6.11. The quantitative estimate of drug-likeness (QED) is 0.170. The molecule has 0 amide bonds. The number of fused-ring (bicyclic) bond motifs is 9. The number of rotatable bonds is 3. The largest absolute Gasteiger partial charge is 0.456 e. The van der Waals surface area contributed by atoms with E-state index in [-0.39, 0.29) is 0 Å². The molecular weight excluding hydrogens is 617 g/mol. The fourth-order valence-electron chi connectivity index (χ4n) is 6.33. The molecule has 10 aromatic carbocycles. The Hall–Kier alpha value is -6.70. The first-order chi connectivity index (χ1) is 37.8. The van der Waals surface area contributed by atoms with E-state index < -0.39 is 290 Å². The zero-order valence-corrected chi connectivity index (χ0v) is 25.4. The van der Waals surface area contributed by atoms with Crippen LogP contribution in [0.1, 0.15) is 41.1 Å². The first-order valence-corrected chi connectivity index (χ1v) is 15.2. The van der Waals surface area contributed by atoms with Crippen molar-refractivity contribution in [2.45, 2.75) is 0 Å². The molecule has 51 heavy (non-hydrogen) atoms. The number of hydrogen-bond acceptors (Lipinski definition) is 1. The second kappa shape index (κ2) is 10.9. The molecule has 0 unspecified atom stereocenters. The molecule has 0 bridgehead atoms. The van der Waals surface area contributed by atoms with Crippen LogP contribution in [0.25, 0.3) is 109 Å². The first-order valence-electron chi connectivity index (χ1n) is 30.2. The third kappa shape index (κ3) is 4.28. The maximum atomic E-state index is 10.2. The summed E-state index contributed by atoms with van der Waals surface area (Å²) in [5, 5.41) is -7.86. The number of hydrogen-bond donors (Lipinski definition) is 0. The smallest absolute Gasteiger partial charge is 0.136 e. The highest BCUT2D eigenvalue weighted by atomic mass is 16.3. The van der Waals surface area contributed by atoms with E-state index in [0.717, 1.165) is 0 Å². The summed E-state index contributed by atoms with van der Waals surface area (Å²) < 4.78 is 279. The molecule has 11 aromatic rings.